The highest BCUT2D eigenvalue weighted by Gasteiger charge is 2.07. The Morgan fingerprint density at radius 3 is 2.45 bits per heavy atom. The van der Waals surface area contributed by atoms with Gasteiger partial charge in [0.2, 0.25) is 0 Å². The standard InChI is InChI=1S/C17H30N2O/c1-5-19(11-12-20-6-2)14-17-10-8-7-9-16(17)13-18-15(3)4/h7-10,15,18H,5-6,11-14H2,1-4H3. The highest BCUT2D eigenvalue weighted by Crippen LogP contribution is 2.12. The van der Waals surface area contributed by atoms with Gasteiger partial charge in [-0.2, -0.15) is 0 Å². The highest BCUT2D eigenvalue weighted by molar-refractivity contribution is 5.27. The van der Waals surface area contributed by atoms with E-state index in [0.29, 0.717) is 6.04 Å². The molecular formula is C17H30N2O. The number of nitrogens with one attached hydrogen (secondary N) is 1. The maximum Gasteiger partial charge on any atom is 0.0593 e. The molecule has 0 aliphatic rings. The fourth-order valence-electron chi connectivity index (χ4n) is 2.13. The van der Waals surface area contributed by atoms with Gasteiger partial charge < -0.3 is 10.1 Å². The van der Waals surface area contributed by atoms with Crippen LogP contribution < -0.4 is 5.32 Å². The van der Waals surface area contributed by atoms with Gasteiger partial charge in [-0.05, 0) is 24.6 Å². The molecule has 0 atom stereocenters. The zero-order valence-electron chi connectivity index (χ0n) is 13.5. The lowest BCUT2D eigenvalue weighted by Crippen LogP contribution is -2.28. The molecule has 0 radical (unpaired) electrons. The molecule has 0 saturated heterocycles. The lowest BCUT2D eigenvalue weighted by atomic mass is 10.1. The number of hydrogen-bond acceptors (Lipinski definition) is 3. The molecule has 3 nitrogen and oxygen atoms in total. The third kappa shape index (κ3) is 6.51. The fourth-order valence-corrected chi connectivity index (χ4v) is 2.13. The number of hydrogen-bond donors (Lipinski definition) is 1. The topological polar surface area (TPSA) is 24.5 Å². The Morgan fingerprint density at radius 1 is 1.15 bits per heavy atom. The fraction of sp³-hybridized carbons (Fsp3) is 0.647. The van der Waals surface area contributed by atoms with Crippen molar-refractivity contribution < 1.29 is 4.74 Å². The van der Waals surface area contributed by atoms with Gasteiger partial charge in [-0.3, -0.25) is 4.90 Å². The number of rotatable bonds is 10. The average molecular weight is 278 g/mol. The van der Waals surface area contributed by atoms with E-state index in [-0.39, 0.29) is 0 Å². The van der Waals surface area contributed by atoms with Gasteiger partial charge in [0, 0.05) is 32.3 Å². The van der Waals surface area contributed by atoms with Gasteiger partial charge in [0.25, 0.3) is 0 Å². The van der Waals surface area contributed by atoms with E-state index in [1.807, 2.05) is 6.92 Å². The smallest absolute Gasteiger partial charge is 0.0593 e. The Kier molecular flexibility index (Phi) is 8.51. The van der Waals surface area contributed by atoms with E-state index in [2.05, 4.69) is 55.3 Å². The Bertz CT molecular complexity index is 366. The summed E-state index contributed by atoms with van der Waals surface area (Å²) in [6, 6.07) is 9.23. The Balaban J connectivity index is 2.59. The van der Waals surface area contributed by atoms with Crippen LogP contribution in [0.25, 0.3) is 0 Å². The van der Waals surface area contributed by atoms with Crippen LogP contribution in [0.2, 0.25) is 0 Å². The summed E-state index contributed by atoms with van der Waals surface area (Å²) in [7, 11) is 0. The molecule has 1 rings (SSSR count). The number of benzene rings is 1. The minimum Gasteiger partial charge on any atom is -0.380 e. The second-order valence-corrected chi connectivity index (χ2v) is 5.37. The molecule has 0 spiro atoms. The summed E-state index contributed by atoms with van der Waals surface area (Å²) < 4.78 is 5.46. The van der Waals surface area contributed by atoms with Crippen molar-refractivity contribution >= 4 is 0 Å². The van der Waals surface area contributed by atoms with Gasteiger partial charge in [-0.15, -0.1) is 0 Å². The van der Waals surface area contributed by atoms with E-state index in [1.54, 1.807) is 0 Å². The maximum absolute atomic E-state index is 5.46. The van der Waals surface area contributed by atoms with Crippen molar-refractivity contribution in [2.24, 2.45) is 0 Å². The third-order valence-electron chi connectivity index (χ3n) is 3.42. The van der Waals surface area contributed by atoms with Crippen LogP contribution >= 0.6 is 0 Å². The van der Waals surface area contributed by atoms with Crippen molar-refractivity contribution in [1.82, 2.24) is 10.2 Å². The van der Waals surface area contributed by atoms with Gasteiger partial charge in [0.15, 0.2) is 0 Å². The molecule has 0 bridgehead atoms. The van der Waals surface area contributed by atoms with Crippen LogP contribution in [0.5, 0.6) is 0 Å². The molecule has 1 aromatic rings. The lowest BCUT2D eigenvalue weighted by Gasteiger charge is -2.22. The Labute approximate surface area is 124 Å². The monoisotopic (exact) mass is 278 g/mol. The normalized spacial score (nSPS) is 11.5. The first-order chi connectivity index (χ1) is 9.67. The first-order valence-corrected chi connectivity index (χ1v) is 7.77. The molecule has 0 fully saturated rings. The molecule has 1 N–H and O–H groups in total. The first-order valence-electron chi connectivity index (χ1n) is 7.77. The largest absolute Gasteiger partial charge is 0.380 e. The minimum absolute atomic E-state index is 0.517. The molecule has 0 amide bonds. The summed E-state index contributed by atoms with van der Waals surface area (Å²) in [6.07, 6.45) is 0. The lowest BCUT2D eigenvalue weighted by molar-refractivity contribution is 0.113. The van der Waals surface area contributed by atoms with E-state index in [1.165, 1.54) is 11.1 Å². The van der Waals surface area contributed by atoms with Gasteiger partial charge >= 0.3 is 0 Å². The number of nitrogens with zero attached hydrogens (tertiary/aromatic N) is 1. The zero-order valence-corrected chi connectivity index (χ0v) is 13.5. The summed E-state index contributed by atoms with van der Waals surface area (Å²) in [4.78, 5) is 2.43. The van der Waals surface area contributed by atoms with Crippen LogP contribution in [0, 0.1) is 0 Å². The van der Waals surface area contributed by atoms with Crippen LogP contribution in [-0.4, -0.2) is 37.2 Å². The third-order valence-corrected chi connectivity index (χ3v) is 3.42. The molecule has 0 aromatic heterocycles. The number of likely N-dealkylation sites (N-methyl/N-ethyl adjacent to an activating group) is 1. The molecule has 3 heteroatoms. The van der Waals surface area contributed by atoms with Gasteiger partial charge in [-0.25, -0.2) is 0 Å². The van der Waals surface area contributed by atoms with Crippen LogP contribution in [0.4, 0.5) is 0 Å². The predicted molar refractivity (Wildman–Crippen MR) is 85.9 cm³/mol. The van der Waals surface area contributed by atoms with E-state index in [0.717, 1.165) is 39.4 Å². The SMILES string of the molecule is CCOCCN(CC)Cc1ccccc1CNC(C)C. The molecule has 0 unspecified atom stereocenters. The van der Waals surface area contributed by atoms with Crippen molar-refractivity contribution in [3.8, 4) is 0 Å². The maximum atomic E-state index is 5.46. The summed E-state index contributed by atoms with van der Waals surface area (Å²) in [5, 5.41) is 3.50. The predicted octanol–water partition coefficient (Wildman–Crippen LogP) is 3.04. The molecule has 20 heavy (non-hydrogen) atoms. The summed E-state index contributed by atoms with van der Waals surface area (Å²) in [5.74, 6) is 0. The van der Waals surface area contributed by atoms with Gasteiger partial charge in [0.1, 0.15) is 0 Å². The van der Waals surface area contributed by atoms with Crippen LogP contribution in [0.1, 0.15) is 38.8 Å². The van der Waals surface area contributed by atoms with Crippen molar-refractivity contribution in [2.75, 3.05) is 26.3 Å². The molecule has 0 saturated carbocycles. The van der Waals surface area contributed by atoms with E-state index >= 15 is 0 Å². The Morgan fingerprint density at radius 2 is 1.85 bits per heavy atom. The van der Waals surface area contributed by atoms with Crippen LogP contribution in [-0.2, 0) is 17.8 Å². The zero-order chi connectivity index (χ0) is 14.8. The van der Waals surface area contributed by atoms with Crippen LogP contribution in [0.15, 0.2) is 24.3 Å². The number of ether oxygens (including phenoxy) is 1. The van der Waals surface area contributed by atoms with E-state index < -0.39 is 0 Å². The van der Waals surface area contributed by atoms with Gasteiger partial charge in [0.05, 0.1) is 6.61 Å². The second-order valence-electron chi connectivity index (χ2n) is 5.37. The second kappa shape index (κ2) is 9.92. The molecule has 114 valence electrons. The first kappa shape index (κ1) is 17.2. The molecule has 0 aliphatic carbocycles. The summed E-state index contributed by atoms with van der Waals surface area (Å²) in [6.45, 7) is 14.2. The van der Waals surface area contributed by atoms with Crippen LogP contribution in [0.3, 0.4) is 0 Å². The quantitative estimate of drug-likeness (QED) is 0.666. The Hall–Kier alpha value is -0.900. The average Bonchev–Trinajstić information content (AvgIpc) is 2.45. The van der Waals surface area contributed by atoms with Crippen molar-refractivity contribution in [3.63, 3.8) is 0 Å². The van der Waals surface area contributed by atoms with Gasteiger partial charge in [-0.1, -0.05) is 45.0 Å². The molecular weight excluding hydrogens is 248 g/mol. The molecule has 1 aromatic carbocycles. The highest BCUT2D eigenvalue weighted by atomic mass is 16.5. The van der Waals surface area contributed by atoms with Crippen molar-refractivity contribution in [2.45, 2.75) is 46.8 Å². The minimum atomic E-state index is 0.517. The summed E-state index contributed by atoms with van der Waals surface area (Å²) >= 11 is 0. The van der Waals surface area contributed by atoms with Crippen molar-refractivity contribution in [1.29, 1.82) is 0 Å². The molecule has 0 heterocycles. The van der Waals surface area contributed by atoms with E-state index in [4.69, 9.17) is 4.74 Å². The van der Waals surface area contributed by atoms with Crippen molar-refractivity contribution in [3.05, 3.63) is 35.4 Å². The molecule has 0 aliphatic heterocycles. The summed E-state index contributed by atoms with van der Waals surface area (Å²) in [5.41, 5.74) is 2.81. The van der Waals surface area contributed by atoms with E-state index in [9.17, 15) is 0 Å².